The van der Waals surface area contributed by atoms with Crippen LogP contribution in [0, 0.1) is 0 Å². The van der Waals surface area contributed by atoms with E-state index < -0.39 is 0 Å². The predicted molar refractivity (Wildman–Crippen MR) is 178 cm³/mol. The quantitative estimate of drug-likeness (QED) is 0.195. The lowest BCUT2D eigenvalue weighted by Crippen LogP contribution is -2.00. The number of aromatic nitrogens is 5. The van der Waals surface area contributed by atoms with E-state index in [9.17, 15) is 0 Å². The monoisotopic (exact) mass is 563 g/mol. The molecule has 0 aliphatic carbocycles. The summed E-state index contributed by atoms with van der Waals surface area (Å²) < 4.78 is 0. The number of nitrogens with zero attached hydrogens (tertiary/aromatic N) is 5. The van der Waals surface area contributed by atoms with Gasteiger partial charge in [-0.2, -0.15) is 0 Å². The van der Waals surface area contributed by atoms with Crippen molar-refractivity contribution in [3.8, 4) is 56.5 Å². The molecule has 206 valence electrons. The number of pyridine rings is 2. The van der Waals surface area contributed by atoms with Crippen LogP contribution in [0.4, 0.5) is 0 Å². The van der Waals surface area contributed by atoms with E-state index in [1.54, 1.807) is 0 Å². The van der Waals surface area contributed by atoms with E-state index >= 15 is 0 Å². The lowest BCUT2D eigenvalue weighted by atomic mass is 9.95. The molecule has 0 unspecified atom stereocenters. The molecule has 0 fully saturated rings. The van der Waals surface area contributed by atoms with E-state index in [1.807, 2.05) is 91.3 Å². The fourth-order valence-corrected chi connectivity index (χ4v) is 5.65. The minimum Gasteiger partial charge on any atom is -0.264 e. The molecule has 0 atom stereocenters. The molecule has 0 saturated heterocycles. The summed E-state index contributed by atoms with van der Waals surface area (Å²) in [5.41, 5.74) is 7.66. The molecular weight excluding hydrogens is 538 g/mol. The van der Waals surface area contributed by atoms with Crippen LogP contribution in [0.25, 0.3) is 78.2 Å². The molecule has 8 aromatic rings. The molecule has 0 bridgehead atoms. The Morgan fingerprint density at radius 2 is 0.864 bits per heavy atom. The molecule has 5 heteroatoms. The van der Waals surface area contributed by atoms with Crippen LogP contribution in [-0.2, 0) is 0 Å². The maximum absolute atomic E-state index is 5.18. The Balaban J connectivity index is 1.41. The van der Waals surface area contributed by atoms with Gasteiger partial charge in [0.15, 0.2) is 17.5 Å². The topological polar surface area (TPSA) is 64.5 Å². The van der Waals surface area contributed by atoms with Gasteiger partial charge in [-0.25, -0.2) is 19.9 Å². The molecule has 0 radical (unpaired) electrons. The number of fused-ring (bicyclic) bond motifs is 3. The van der Waals surface area contributed by atoms with Crippen molar-refractivity contribution in [1.29, 1.82) is 0 Å². The molecule has 0 spiro atoms. The normalized spacial score (nSPS) is 11.2. The zero-order valence-electron chi connectivity index (χ0n) is 23.7. The van der Waals surface area contributed by atoms with E-state index in [2.05, 4.69) is 65.6 Å². The standard InChI is InChI=1S/C39H25N5/c1-4-12-26(13-5-1)29-22-30(36-34-25-40-21-20-32(34)33-18-10-11-19-35(33)41-36)24-31(23-29)39-43-37(27-14-6-2-7-15-27)42-38(44-39)28-16-8-3-9-17-28/h1-25H. The van der Waals surface area contributed by atoms with Crippen molar-refractivity contribution in [2.24, 2.45) is 0 Å². The van der Waals surface area contributed by atoms with Crippen molar-refractivity contribution in [3.63, 3.8) is 0 Å². The highest BCUT2D eigenvalue weighted by Gasteiger charge is 2.17. The Bertz CT molecular complexity index is 2210. The molecule has 3 aromatic heterocycles. The van der Waals surface area contributed by atoms with Crippen molar-refractivity contribution < 1.29 is 0 Å². The first kappa shape index (κ1) is 25.6. The summed E-state index contributed by atoms with van der Waals surface area (Å²) in [7, 11) is 0. The second-order valence-corrected chi connectivity index (χ2v) is 10.6. The minimum absolute atomic E-state index is 0.597. The van der Waals surface area contributed by atoms with Gasteiger partial charge < -0.3 is 0 Å². The van der Waals surface area contributed by atoms with Crippen LogP contribution in [0.1, 0.15) is 0 Å². The van der Waals surface area contributed by atoms with Crippen LogP contribution in [-0.4, -0.2) is 24.9 Å². The average Bonchev–Trinajstić information content (AvgIpc) is 3.12. The lowest BCUT2D eigenvalue weighted by molar-refractivity contribution is 1.07. The number of benzene rings is 5. The van der Waals surface area contributed by atoms with Crippen molar-refractivity contribution in [2.75, 3.05) is 0 Å². The van der Waals surface area contributed by atoms with Gasteiger partial charge in [0, 0.05) is 45.4 Å². The van der Waals surface area contributed by atoms with Gasteiger partial charge >= 0.3 is 0 Å². The lowest BCUT2D eigenvalue weighted by Gasteiger charge is -2.14. The van der Waals surface area contributed by atoms with Crippen molar-refractivity contribution >= 4 is 21.7 Å². The van der Waals surface area contributed by atoms with E-state index in [0.717, 1.165) is 60.8 Å². The Labute approximate surface area is 254 Å². The molecule has 5 nitrogen and oxygen atoms in total. The van der Waals surface area contributed by atoms with Crippen molar-refractivity contribution in [3.05, 3.63) is 152 Å². The summed E-state index contributed by atoms with van der Waals surface area (Å²) >= 11 is 0. The highest BCUT2D eigenvalue weighted by molar-refractivity contribution is 6.10. The molecule has 44 heavy (non-hydrogen) atoms. The third-order valence-electron chi connectivity index (χ3n) is 7.77. The van der Waals surface area contributed by atoms with E-state index in [-0.39, 0.29) is 0 Å². The second kappa shape index (κ2) is 11.0. The number of rotatable bonds is 5. The summed E-state index contributed by atoms with van der Waals surface area (Å²) in [5.74, 6) is 1.85. The highest BCUT2D eigenvalue weighted by Crippen LogP contribution is 2.37. The van der Waals surface area contributed by atoms with Crippen LogP contribution in [0.15, 0.2) is 152 Å². The van der Waals surface area contributed by atoms with E-state index in [0.29, 0.717) is 17.5 Å². The second-order valence-electron chi connectivity index (χ2n) is 10.6. The van der Waals surface area contributed by atoms with Gasteiger partial charge in [-0.1, -0.05) is 109 Å². The predicted octanol–water partition coefficient (Wildman–Crippen LogP) is 9.30. The fourth-order valence-electron chi connectivity index (χ4n) is 5.65. The Hall–Kier alpha value is -6.07. The smallest absolute Gasteiger partial charge is 0.164 e. The largest absolute Gasteiger partial charge is 0.264 e. The van der Waals surface area contributed by atoms with Gasteiger partial charge in [0.1, 0.15) is 0 Å². The van der Waals surface area contributed by atoms with Gasteiger partial charge in [-0.3, -0.25) is 4.98 Å². The van der Waals surface area contributed by atoms with Crippen LogP contribution in [0.5, 0.6) is 0 Å². The van der Waals surface area contributed by atoms with Crippen molar-refractivity contribution in [2.45, 2.75) is 0 Å². The van der Waals surface area contributed by atoms with Crippen LogP contribution >= 0.6 is 0 Å². The SMILES string of the molecule is c1ccc(-c2cc(-c3nc(-c4ccccc4)nc(-c4ccccc4)n3)cc(-c3nc4ccccc4c4ccncc34)c2)cc1. The average molecular weight is 564 g/mol. The summed E-state index contributed by atoms with van der Waals surface area (Å²) in [5, 5.41) is 3.21. The number of para-hydroxylation sites is 1. The third kappa shape index (κ3) is 4.76. The van der Waals surface area contributed by atoms with Crippen LogP contribution in [0.2, 0.25) is 0 Å². The van der Waals surface area contributed by atoms with E-state index in [1.165, 1.54) is 0 Å². The minimum atomic E-state index is 0.597. The van der Waals surface area contributed by atoms with Gasteiger partial charge in [0.05, 0.1) is 11.2 Å². The van der Waals surface area contributed by atoms with E-state index in [4.69, 9.17) is 19.9 Å². The molecule has 0 aliphatic rings. The summed E-state index contributed by atoms with van der Waals surface area (Å²) in [6.45, 7) is 0. The number of hydrogen-bond donors (Lipinski definition) is 0. The molecule has 0 saturated carbocycles. The summed E-state index contributed by atoms with van der Waals surface area (Å²) in [6, 6.07) is 47.3. The molecule has 0 aliphatic heterocycles. The van der Waals surface area contributed by atoms with Gasteiger partial charge in [0.2, 0.25) is 0 Å². The molecule has 0 amide bonds. The number of hydrogen-bond acceptors (Lipinski definition) is 5. The van der Waals surface area contributed by atoms with Crippen LogP contribution in [0.3, 0.4) is 0 Å². The molecule has 3 heterocycles. The molecule has 8 rings (SSSR count). The first-order valence-electron chi connectivity index (χ1n) is 14.5. The first-order chi connectivity index (χ1) is 21.8. The van der Waals surface area contributed by atoms with Crippen LogP contribution < -0.4 is 0 Å². The third-order valence-corrected chi connectivity index (χ3v) is 7.77. The summed E-state index contributed by atoms with van der Waals surface area (Å²) in [6.07, 6.45) is 3.74. The first-order valence-corrected chi connectivity index (χ1v) is 14.5. The fraction of sp³-hybridized carbons (Fsp3) is 0. The Morgan fingerprint density at radius 3 is 1.52 bits per heavy atom. The Morgan fingerprint density at radius 1 is 0.341 bits per heavy atom. The van der Waals surface area contributed by atoms with Crippen molar-refractivity contribution in [1.82, 2.24) is 24.9 Å². The molecule has 0 N–H and O–H groups in total. The van der Waals surface area contributed by atoms with Gasteiger partial charge in [0.25, 0.3) is 0 Å². The summed E-state index contributed by atoms with van der Waals surface area (Å²) in [4.78, 5) is 24.6. The van der Waals surface area contributed by atoms with Gasteiger partial charge in [-0.05, 0) is 46.8 Å². The molecular formula is C39H25N5. The highest BCUT2D eigenvalue weighted by atomic mass is 15.0. The zero-order chi connectivity index (χ0) is 29.3. The molecule has 5 aromatic carbocycles. The zero-order valence-corrected chi connectivity index (χ0v) is 23.7. The van der Waals surface area contributed by atoms with Gasteiger partial charge in [-0.15, -0.1) is 0 Å². The maximum Gasteiger partial charge on any atom is 0.164 e. The maximum atomic E-state index is 5.18. The Kier molecular flexibility index (Phi) is 6.39.